The molecule has 0 aliphatic carbocycles. The van der Waals surface area contributed by atoms with Gasteiger partial charge < -0.3 is 10.6 Å². The molecular weight excluding hydrogens is 507 g/mol. The van der Waals surface area contributed by atoms with Crippen LogP contribution in [0.3, 0.4) is 0 Å². The van der Waals surface area contributed by atoms with Gasteiger partial charge in [-0.2, -0.15) is 26.3 Å². The van der Waals surface area contributed by atoms with Gasteiger partial charge in [0.15, 0.2) is 0 Å². The lowest BCUT2D eigenvalue weighted by atomic mass is 10.1. The number of nitrogens with zero attached hydrogens (tertiary/aromatic N) is 1. The molecule has 0 aliphatic rings. The number of halogens is 7. The third kappa shape index (κ3) is 7.45. The molecule has 0 saturated heterocycles. The van der Waals surface area contributed by atoms with Gasteiger partial charge in [0, 0.05) is 24.5 Å². The highest BCUT2D eigenvalue weighted by molar-refractivity contribution is 6.01. The quantitative estimate of drug-likeness (QED) is 0.265. The van der Waals surface area contributed by atoms with Crippen molar-refractivity contribution in [3.63, 3.8) is 0 Å². The molecule has 196 valence electrons. The first-order valence-corrected chi connectivity index (χ1v) is 10.8. The van der Waals surface area contributed by atoms with Crippen LogP contribution in [0.2, 0.25) is 0 Å². The van der Waals surface area contributed by atoms with Crippen molar-refractivity contribution in [2.45, 2.75) is 18.8 Å². The van der Waals surface area contributed by atoms with E-state index in [2.05, 4.69) is 10.6 Å². The highest BCUT2D eigenvalue weighted by Crippen LogP contribution is 2.33. The molecule has 2 N–H and O–H groups in total. The molecule has 0 spiro atoms. The number of carbonyl (C=O) groups excluding carboxylic acids is 2. The fraction of sp³-hybridized carbons (Fsp3) is 0.200. The first kappa shape index (κ1) is 27.5. The van der Waals surface area contributed by atoms with Crippen molar-refractivity contribution in [1.82, 2.24) is 5.32 Å². The number of benzene rings is 3. The number of urea groups is 1. The van der Waals surface area contributed by atoms with Crippen LogP contribution >= 0.6 is 0 Å². The van der Waals surface area contributed by atoms with Crippen LogP contribution in [-0.2, 0) is 12.4 Å². The summed E-state index contributed by atoms with van der Waals surface area (Å²) in [5.74, 6) is -1.47. The minimum atomic E-state index is -4.70. The molecular formula is C25H20F7N3O2. The molecule has 3 amide bonds. The summed E-state index contributed by atoms with van der Waals surface area (Å²) in [6, 6.07) is 11.9. The number of anilines is 2. The van der Waals surface area contributed by atoms with E-state index in [1.54, 1.807) is 0 Å². The maximum Gasteiger partial charge on any atom is 0.416 e. The second kappa shape index (κ2) is 11.3. The average molecular weight is 527 g/mol. The van der Waals surface area contributed by atoms with Gasteiger partial charge in [-0.15, -0.1) is 0 Å². The summed E-state index contributed by atoms with van der Waals surface area (Å²) in [6.45, 7) is -0.289. The van der Waals surface area contributed by atoms with E-state index in [9.17, 15) is 40.3 Å². The predicted molar refractivity (Wildman–Crippen MR) is 123 cm³/mol. The van der Waals surface area contributed by atoms with Gasteiger partial charge in [-0.25, -0.2) is 9.18 Å². The summed E-state index contributed by atoms with van der Waals surface area (Å²) in [5.41, 5.74) is -2.65. The highest BCUT2D eigenvalue weighted by atomic mass is 19.4. The molecule has 0 heterocycles. The molecule has 3 rings (SSSR count). The van der Waals surface area contributed by atoms with Crippen LogP contribution in [0.25, 0.3) is 0 Å². The fourth-order valence-electron chi connectivity index (χ4n) is 3.34. The van der Waals surface area contributed by atoms with E-state index < -0.39 is 41.2 Å². The number of carbonyl (C=O) groups is 2. The summed E-state index contributed by atoms with van der Waals surface area (Å²) >= 11 is 0. The minimum Gasteiger partial charge on any atom is -0.352 e. The van der Waals surface area contributed by atoms with Gasteiger partial charge in [0.05, 0.1) is 16.7 Å². The van der Waals surface area contributed by atoms with E-state index in [-0.39, 0.29) is 36.4 Å². The smallest absolute Gasteiger partial charge is 0.352 e. The van der Waals surface area contributed by atoms with Crippen molar-refractivity contribution in [3.05, 3.63) is 95.3 Å². The standard InChI is InChI=1S/C25H20F7N3O2/c26-21-11-2-1-10-20(21)22(36)33-12-5-13-35(19-9-4-7-17(15-19)25(30,31)32)23(37)34-18-8-3-6-16(14-18)24(27,28)29/h1-4,6-11,14-15H,5,12-13H2,(H,33,36)(H,34,37). The van der Waals surface area contributed by atoms with E-state index in [1.807, 2.05) is 0 Å². The van der Waals surface area contributed by atoms with Crippen molar-refractivity contribution in [2.24, 2.45) is 0 Å². The third-order valence-corrected chi connectivity index (χ3v) is 5.13. The van der Waals surface area contributed by atoms with Crippen LogP contribution in [0.5, 0.6) is 0 Å². The third-order valence-electron chi connectivity index (χ3n) is 5.13. The van der Waals surface area contributed by atoms with Crippen molar-refractivity contribution in [2.75, 3.05) is 23.3 Å². The number of rotatable bonds is 7. The lowest BCUT2D eigenvalue weighted by Gasteiger charge is -2.24. The summed E-state index contributed by atoms with van der Waals surface area (Å²) in [4.78, 5) is 26.0. The molecule has 0 saturated carbocycles. The van der Waals surface area contributed by atoms with Crippen LogP contribution < -0.4 is 15.5 Å². The van der Waals surface area contributed by atoms with E-state index in [4.69, 9.17) is 0 Å². The van der Waals surface area contributed by atoms with Gasteiger partial charge in [0.25, 0.3) is 5.91 Å². The van der Waals surface area contributed by atoms with Crippen LogP contribution in [0.1, 0.15) is 27.9 Å². The molecule has 0 atom stereocenters. The number of amides is 3. The number of nitrogens with one attached hydrogen (secondary N) is 2. The van der Waals surface area contributed by atoms with Crippen LogP contribution in [0, 0.1) is 5.82 Å². The topological polar surface area (TPSA) is 61.4 Å². The number of alkyl halides is 6. The van der Waals surface area contributed by atoms with Crippen LogP contribution in [0.15, 0.2) is 72.8 Å². The zero-order chi connectivity index (χ0) is 27.2. The second-order valence-corrected chi connectivity index (χ2v) is 7.80. The lowest BCUT2D eigenvalue weighted by molar-refractivity contribution is -0.138. The Hall–Kier alpha value is -4.09. The summed E-state index contributed by atoms with van der Waals surface area (Å²) in [5, 5.41) is 4.72. The zero-order valence-corrected chi connectivity index (χ0v) is 19.0. The zero-order valence-electron chi connectivity index (χ0n) is 19.0. The molecule has 3 aromatic carbocycles. The van der Waals surface area contributed by atoms with E-state index >= 15 is 0 Å². The number of hydrogen-bond acceptors (Lipinski definition) is 2. The van der Waals surface area contributed by atoms with E-state index in [0.717, 1.165) is 41.3 Å². The molecule has 37 heavy (non-hydrogen) atoms. The Labute approximate surface area is 206 Å². The summed E-state index contributed by atoms with van der Waals surface area (Å²) < 4.78 is 92.5. The molecule has 12 heteroatoms. The Morgan fingerprint density at radius 3 is 2.05 bits per heavy atom. The number of hydrogen-bond donors (Lipinski definition) is 2. The van der Waals surface area contributed by atoms with E-state index in [0.29, 0.717) is 6.07 Å². The predicted octanol–water partition coefficient (Wildman–Crippen LogP) is 6.72. The van der Waals surface area contributed by atoms with Crippen LogP contribution in [0.4, 0.5) is 46.9 Å². The summed E-state index contributed by atoms with van der Waals surface area (Å²) in [6.07, 6.45) is -9.34. The maximum absolute atomic E-state index is 13.8. The average Bonchev–Trinajstić information content (AvgIpc) is 2.83. The fourth-order valence-corrected chi connectivity index (χ4v) is 3.34. The van der Waals surface area contributed by atoms with Gasteiger partial charge >= 0.3 is 18.4 Å². The Balaban J connectivity index is 1.77. The Morgan fingerprint density at radius 2 is 1.41 bits per heavy atom. The molecule has 0 aliphatic heterocycles. The van der Waals surface area contributed by atoms with Crippen molar-refractivity contribution in [3.8, 4) is 0 Å². The molecule has 3 aromatic rings. The van der Waals surface area contributed by atoms with Gasteiger partial charge in [-0.05, 0) is 55.0 Å². The Bertz CT molecular complexity index is 1260. The van der Waals surface area contributed by atoms with Gasteiger partial charge in [0.2, 0.25) is 0 Å². The Kier molecular flexibility index (Phi) is 8.41. The van der Waals surface area contributed by atoms with Gasteiger partial charge in [-0.3, -0.25) is 9.69 Å². The summed E-state index contributed by atoms with van der Waals surface area (Å²) in [7, 11) is 0. The maximum atomic E-state index is 13.8. The van der Waals surface area contributed by atoms with Crippen molar-refractivity contribution in [1.29, 1.82) is 0 Å². The monoisotopic (exact) mass is 527 g/mol. The van der Waals surface area contributed by atoms with E-state index in [1.165, 1.54) is 30.3 Å². The largest absolute Gasteiger partial charge is 0.416 e. The molecule has 0 radical (unpaired) electrons. The van der Waals surface area contributed by atoms with Crippen LogP contribution in [-0.4, -0.2) is 25.0 Å². The van der Waals surface area contributed by atoms with Gasteiger partial charge in [-0.1, -0.05) is 24.3 Å². The normalized spacial score (nSPS) is 11.6. The molecule has 5 nitrogen and oxygen atoms in total. The van der Waals surface area contributed by atoms with Crippen molar-refractivity contribution < 1.29 is 40.3 Å². The first-order valence-electron chi connectivity index (χ1n) is 10.8. The second-order valence-electron chi connectivity index (χ2n) is 7.80. The SMILES string of the molecule is O=C(NCCCN(C(=O)Nc1cccc(C(F)(F)F)c1)c1cccc(C(F)(F)F)c1)c1ccccc1F. The Morgan fingerprint density at radius 1 is 0.784 bits per heavy atom. The first-order chi connectivity index (χ1) is 17.4. The molecule has 0 unspecified atom stereocenters. The lowest BCUT2D eigenvalue weighted by Crippen LogP contribution is -2.37. The molecule has 0 fully saturated rings. The van der Waals surface area contributed by atoms with Gasteiger partial charge in [0.1, 0.15) is 5.82 Å². The van der Waals surface area contributed by atoms with Crippen molar-refractivity contribution >= 4 is 23.3 Å². The molecule has 0 aromatic heterocycles. The molecule has 0 bridgehead atoms. The highest BCUT2D eigenvalue weighted by Gasteiger charge is 2.32. The minimum absolute atomic E-state index is 0.0342.